The van der Waals surface area contributed by atoms with Gasteiger partial charge < -0.3 is 5.73 Å². The molecule has 0 amide bonds. The van der Waals surface area contributed by atoms with E-state index in [0.29, 0.717) is 5.41 Å². The highest BCUT2D eigenvalue weighted by Crippen LogP contribution is 2.46. The van der Waals surface area contributed by atoms with Crippen LogP contribution in [0.4, 0.5) is 0 Å². The molecule has 0 unspecified atom stereocenters. The summed E-state index contributed by atoms with van der Waals surface area (Å²) in [6.07, 6.45) is 2.46. The van der Waals surface area contributed by atoms with E-state index in [-0.39, 0.29) is 0 Å². The van der Waals surface area contributed by atoms with Crippen LogP contribution in [0.3, 0.4) is 0 Å². The van der Waals surface area contributed by atoms with Crippen LogP contribution < -0.4 is 11.2 Å². The molecule has 0 aromatic heterocycles. The molecule has 1 aliphatic carbocycles. The summed E-state index contributed by atoms with van der Waals surface area (Å²) in [7, 11) is 5.60. The van der Waals surface area contributed by atoms with Gasteiger partial charge in [0.1, 0.15) is 7.85 Å². The summed E-state index contributed by atoms with van der Waals surface area (Å²) < 4.78 is 0. The summed E-state index contributed by atoms with van der Waals surface area (Å²) in [6.45, 7) is 0.761. The summed E-state index contributed by atoms with van der Waals surface area (Å²) >= 11 is 0. The highest BCUT2D eigenvalue weighted by atomic mass is 14.7. The van der Waals surface area contributed by atoms with Gasteiger partial charge in [-0.25, -0.2) is 0 Å². The van der Waals surface area contributed by atoms with Crippen molar-refractivity contribution in [2.75, 3.05) is 6.54 Å². The standard InChI is InChI=1S/C10H12BN/c11-9-3-1-8(2-4-9)10(7-12)5-6-10/h1-4H,5-7,12H2. The molecule has 0 spiro atoms. The minimum Gasteiger partial charge on any atom is -0.330 e. The lowest BCUT2D eigenvalue weighted by atomic mass is 9.90. The first-order valence-corrected chi connectivity index (χ1v) is 4.33. The van der Waals surface area contributed by atoms with Gasteiger partial charge in [0, 0.05) is 12.0 Å². The lowest BCUT2D eigenvalue weighted by Crippen LogP contribution is -2.20. The van der Waals surface area contributed by atoms with Gasteiger partial charge in [-0.05, 0) is 18.4 Å². The maximum absolute atomic E-state index is 5.71. The van der Waals surface area contributed by atoms with E-state index in [1.165, 1.54) is 18.4 Å². The maximum Gasteiger partial charge on any atom is 0.113 e. The van der Waals surface area contributed by atoms with Crippen LogP contribution in [0, 0.1) is 0 Å². The minimum absolute atomic E-state index is 0.299. The van der Waals surface area contributed by atoms with Gasteiger partial charge in [0.15, 0.2) is 0 Å². The highest BCUT2D eigenvalue weighted by Gasteiger charge is 2.42. The van der Waals surface area contributed by atoms with Gasteiger partial charge in [0.05, 0.1) is 0 Å². The number of benzene rings is 1. The van der Waals surface area contributed by atoms with Crippen molar-refractivity contribution in [3.63, 3.8) is 0 Å². The van der Waals surface area contributed by atoms with Crippen LogP contribution in [0.5, 0.6) is 0 Å². The topological polar surface area (TPSA) is 26.0 Å². The number of nitrogens with two attached hydrogens (primary N) is 1. The molecule has 1 aromatic carbocycles. The molecule has 12 heavy (non-hydrogen) atoms. The fraction of sp³-hybridized carbons (Fsp3) is 0.400. The molecular formula is C10H12BN. The van der Waals surface area contributed by atoms with E-state index in [4.69, 9.17) is 13.6 Å². The summed E-state index contributed by atoms with van der Waals surface area (Å²) in [5, 5.41) is 0. The quantitative estimate of drug-likeness (QED) is 0.620. The first kappa shape index (κ1) is 7.87. The summed E-state index contributed by atoms with van der Waals surface area (Å²) in [5.41, 5.74) is 8.18. The van der Waals surface area contributed by atoms with Crippen LogP contribution in [-0.4, -0.2) is 14.4 Å². The van der Waals surface area contributed by atoms with Gasteiger partial charge in [0.2, 0.25) is 0 Å². The monoisotopic (exact) mass is 157 g/mol. The lowest BCUT2D eigenvalue weighted by molar-refractivity contribution is 0.705. The maximum atomic E-state index is 5.71. The Labute approximate surface area is 74.4 Å². The fourth-order valence-corrected chi connectivity index (χ4v) is 1.60. The Morgan fingerprint density at radius 1 is 1.25 bits per heavy atom. The van der Waals surface area contributed by atoms with Crippen LogP contribution in [-0.2, 0) is 5.41 Å². The molecule has 1 fully saturated rings. The molecule has 0 saturated heterocycles. The summed E-state index contributed by atoms with van der Waals surface area (Å²) in [4.78, 5) is 0. The van der Waals surface area contributed by atoms with Crippen LogP contribution in [0.15, 0.2) is 24.3 Å². The predicted octanol–water partition coefficient (Wildman–Crippen LogP) is 0.471. The van der Waals surface area contributed by atoms with E-state index in [1.807, 2.05) is 12.1 Å². The van der Waals surface area contributed by atoms with Gasteiger partial charge in [-0.2, -0.15) is 0 Å². The number of rotatable bonds is 2. The highest BCUT2D eigenvalue weighted by molar-refractivity contribution is 6.32. The molecule has 1 nitrogen and oxygen atoms in total. The molecule has 0 heterocycles. The molecule has 0 aliphatic heterocycles. The molecule has 2 rings (SSSR count). The van der Waals surface area contributed by atoms with Gasteiger partial charge in [0.25, 0.3) is 0 Å². The molecule has 1 aliphatic rings. The lowest BCUT2D eigenvalue weighted by Gasteiger charge is -2.12. The average molecular weight is 157 g/mol. The van der Waals surface area contributed by atoms with E-state index in [9.17, 15) is 0 Å². The first-order chi connectivity index (χ1) is 5.77. The fourth-order valence-electron chi connectivity index (χ4n) is 1.60. The van der Waals surface area contributed by atoms with E-state index in [0.717, 1.165) is 12.0 Å². The van der Waals surface area contributed by atoms with Crippen LogP contribution in [0.25, 0.3) is 0 Å². The van der Waals surface area contributed by atoms with Crippen molar-refractivity contribution in [3.05, 3.63) is 29.8 Å². The van der Waals surface area contributed by atoms with Gasteiger partial charge >= 0.3 is 0 Å². The van der Waals surface area contributed by atoms with Crippen molar-refractivity contribution in [3.8, 4) is 0 Å². The van der Waals surface area contributed by atoms with Crippen molar-refractivity contribution in [1.82, 2.24) is 0 Å². The van der Waals surface area contributed by atoms with Crippen molar-refractivity contribution >= 4 is 13.3 Å². The zero-order valence-electron chi connectivity index (χ0n) is 7.09. The van der Waals surface area contributed by atoms with Crippen molar-refractivity contribution in [2.24, 2.45) is 5.73 Å². The smallest absolute Gasteiger partial charge is 0.113 e. The third-order valence-electron chi connectivity index (χ3n) is 2.77. The van der Waals surface area contributed by atoms with Crippen molar-refractivity contribution < 1.29 is 0 Å². The zero-order valence-corrected chi connectivity index (χ0v) is 7.09. The minimum atomic E-state index is 0.299. The van der Waals surface area contributed by atoms with E-state index < -0.39 is 0 Å². The zero-order chi connectivity index (χ0) is 8.60. The van der Waals surface area contributed by atoms with Crippen molar-refractivity contribution in [2.45, 2.75) is 18.3 Å². The molecule has 60 valence electrons. The SMILES string of the molecule is [B]c1ccc(C2(CN)CC2)cc1. The Hall–Kier alpha value is -0.755. The Balaban J connectivity index is 2.29. The third kappa shape index (κ3) is 1.16. The Bertz CT molecular complexity index is 274. The molecule has 1 saturated carbocycles. The van der Waals surface area contributed by atoms with E-state index in [2.05, 4.69) is 12.1 Å². The third-order valence-corrected chi connectivity index (χ3v) is 2.77. The van der Waals surface area contributed by atoms with Crippen molar-refractivity contribution in [1.29, 1.82) is 0 Å². The van der Waals surface area contributed by atoms with Gasteiger partial charge in [-0.1, -0.05) is 29.7 Å². The number of hydrogen-bond donors (Lipinski definition) is 1. The normalized spacial score (nSPS) is 19.1. The van der Waals surface area contributed by atoms with Crippen LogP contribution in [0.2, 0.25) is 0 Å². The molecule has 1 aromatic rings. The second kappa shape index (κ2) is 2.63. The molecule has 0 atom stereocenters. The Morgan fingerprint density at radius 3 is 2.25 bits per heavy atom. The molecule has 2 heteroatoms. The molecular weight excluding hydrogens is 145 g/mol. The van der Waals surface area contributed by atoms with E-state index in [1.54, 1.807) is 0 Å². The summed E-state index contributed by atoms with van der Waals surface area (Å²) in [6, 6.07) is 8.08. The van der Waals surface area contributed by atoms with Crippen LogP contribution in [0.1, 0.15) is 18.4 Å². The van der Waals surface area contributed by atoms with Gasteiger partial charge in [-0.3, -0.25) is 0 Å². The van der Waals surface area contributed by atoms with Gasteiger partial charge in [-0.15, -0.1) is 0 Å². The Kier molecular flexibility index (Phi) is 1.73. The second-order valence-corrected chi connectivity index (χ2v) is 3.61. The molecule has 0 bridgehead atoms. The molecule has 2 N–H and O–H groups in total. The average Bonchev–Trinajstić information content (AvgIpc) is 2.86. The Morgan fingerprint density at radius 2 is 1.83 bits per heavy atom. The predicted molar refractivity (Wildman–Crippen MR) is 51.8 cm³/mol. The second-order valence-electron chi connectivity index (χ2n) is 3.61. The first-order valence-electron chi connectivity index (χ1n) is 4.33. The summed E-state index contributed by atoms with van der Waals surface area (Å²) in [5.74, 6) is 0. The number of hydrogen-bond acceptors (Lipinski definition) is 1. The van der Waals surface area contributed by atoms with E-state index >= 15 is 0 Å². The molecule has 2 radical (unpaired) electrons. The van der Waals surface area contributed by atoms with Crippen LogP contribution >= 0.6 is 0 Å². The largest absolute Gasteiger partial charge is 0.330 e.